The molecule has 0 unspecified atom stereocenters. The highest BCUT2D eigenvalue weighted by molar-refractivity contribution is 7.80. The molecule has 2 rings (SSSR count). The monoisotopic (exact) mass is 366 g/mol. The number of rotatable bonds is 6. The third-order valence-corrected chi connectivity index (χ3v) is 3.78. The predicted molar refractivity (Wildman–Crippen MR) is 101 cm³/mol. The maximum absolute atomic E-state index is 5.86. The van der Waals surface area contributed by atoms with Gasteiger partial charge in [-0.3, -0.25) is 0 Å². The van der Waals surface area contributed by atoms with Crippen molar-refractivity contribution in [3.05, 3.63) is 47.0 Å². The topological polar surface area (TPSA) is 51.8 Å². The number of hydrogen-bond acceptors (Lipinski definition) is 4. The molecule has 0 amide bonds. The largest absolute Gasteiger partial charge is 0.493 e. The normalized spacial score (nSPS) is 10.0. The van der Waals surface area contributed by atoms with Crippen molar-refractivity contribution in [2.45, 2.75) is 6.54 Å². The number of anilines is 1. The van der Waals surface area contributed by atoms with Crippen LogP contribution in [0, 0.1) is 0 Å². The third-order valence-electron chi connectivity index (χ3n) is 3.28. The molecule has 24 heavy (non-hydrogen) atoms. The summed E-state index contributed by atoms with van der Waals surface area (Å²) in [4.78, 5) is 0. The van der Waals surface area contributed by atoms with Gasteiger partial charge in [-0.1, -0.05) is 11.6 Å². The molecular formula is C17H19ClN2O3S. The van der Waals surface area contributed by atoms with Gasteiger partial charge in [0.15, 0.2) is 16.6 Å². The van der Waals surface area contributed by atoms with Crippen LogP contribution in [0.1, 0.15) is 5.56 Å². The lowest BCUT2D eigenvalue weighted by atomic mass is 10.2. The molecule has 0 atom stereocenters. The fourth-order valence-electron chi connectivity index (χ4n) is 2.13. The zero-order valence-electron chi connectivity index (χ0n) is 13.7. The average Bonchev–Trinajstić information content (AvgIpc) is 2.60. The minimum absolute atomic E-state index is 0.506. The van der Waals surface area contributed by atoms with E-state index in [9.17, 15) is 0 Å². The van der Waals surface area contributed by atoms with Crippen LogP contribution in [0.15, 0.2) is 36.4 Å². The van der Waals surface area contributed by atoms with Crippen LogP contribution in [0.3, 0.4) is 0 Å². The lowest BCUT2D eigenvalue weighted by Gasteiger charge is -2.15. The molecule has 128 valence electrons. The summed E-state index contributed by atoms with van der Waals surface area (Å²) in [6.45, 7) is 0.510. The van der Waals surface area contributed by atoms with Gasteiger partial charge in [-0.2, -0.15) is 0 Å². The van der Waals surface area contributed by atoms with Crippen molar-refractivity contribution in [2.24, 2.45) is 0 Å². The van der Waals surface area contributed by atoms with Gasteiger partial charge in [-0.25, -0.2) is 0 Å². The molecule has 0 aliphatic heterocycles. The Balaban J connectivity index is 2.03. The van der Waals surface area contributed by atoms with E-state index in [4.69, 9.17) is 38.0 Å². The first-order chi connectivity index (χ1) is 11.6. The van der Waals surface area contributed by atoms with Crippen LogP contribution in [0.2, 0.25) is 5.02 Å². The summed E-state index contributed by atoms with van der Waals surface area (Å²) in [5.74, 6) is 1.76. The maximum Gasteiger partial charge on any atom is 0.203 e. The van der Waals surface area contributed by atoms with Gasteiger partial charge < -0.3 is 24.8 Å². The Morgan fingerprint density at radius 2 is 1.58 bits per heavy atom. The summed E-state index contributed by atoms with van der Waals surface area (Å²) >= 11 is 11.2. The highest BCUT2D eigenvalue weighted by atomic mass is 35.5. The Bertz CT molecular complexity index is 682. The first-order valence-corrected chi connectivity index (χ1v) is 7.95. The minimum Gasteiger partial charge on any atom is -0.493 e. The Morgan fingerprint density at radius 1 is 1.00 bits per heavy atom. The molecule has 0 radical (unpaired) electrons. The predicted octanol–water partition coefficient (Wildman–Crippen LogP) is 3.85. The molecule has 0 heterocycles. The second-order valence-corrected chi connectivity index (χ2v) is 5.69. The number of nitrogens with one attached hydrogen (secondary N) is 2. The van der Waals surface area contributed by atoms with Gasteiger partial charge in [0.1, 0.15) is 0 Å². The molecule has 2 aromatic carbocycles. The van der Waals surface area contributed by atoms with Crippen LogP contribution < -0.4 is 24.8 Å². The van der Waals surface area contributed by atoms with Gasteiger partial charge in [0.25, 0.3) is 0 Å². The number of ether oxygens (including phenoxy) is 3. The number of benzene rings is 2. The molecule has 2 N–H and O–H groups in total. The molecule has 5 nitrogen and oxygen atoms in total. The quantitative estimate of drug-likeness (QED) is 0.757. The van der Waals surface area contributed by atoms with Gasteiger partial charge in [0.05, 0.1) is 21.3 Å². The Kier molecular flexibility index (Phi) is 6.52. The smallest absolute Gasteiger partial charge is 0.203 e. The van der Waals surface area contributed by atoms with Crippen molar-refractivity contribution in [1.82, 2.24) is 5.32 Å². The van der Waals surface area contributed by atoms with E-state index in [1.165, 1.54) is 0 Å². The van der Waals surface area contributed by atoms with E-state index >= 15 is 0 Å². The van der Waals surface area contributed by atoms with Crippen LogP contribution in [0.5, 0.6) is 17.2 Å². The number of methoxy groups -OCH3 is 3. The SMILES string of the molecule is COc1cc(CNC(=S)Nc2ccc(Cl)cc2)cc(OC)c1OC. The third kappa shape index (κ3) is 4.66. The fraction of sp³-hybridized carbons (Fsp3) is 0.235. The summed E-state index contributed by atoms with van der Waals surface area (Å²) in [7, 11) is 4.74. The number of thiocarbonyl (C=S) groups is 1. The maximum atomic E-state index is 5.86. The van der Waals surface area contributed by atoms with Crippen molar-refractivity contribution in [3.63, 3.8) is 0 Å². The highest BCUT2D eigenvalue weighted by Crippen LogP contribution is 2.38. The van der Waals surface area contributed by atoms with Gasteiger partial charge in [-0.05, 0) is 54.2 Å². The van der Waals surface area contributed by atoms with E-state index in [1.54, 1.807) is 33.5 Å². The second kappa shape index (κ2) is 8.61. The van der Waals surface area contributed by atoms with Crippen molar-refractivity contribution < 1.29 is 14.2 Å². The molecule has 0 bridgehead atoms. The lowest BCUT2D eigenvalue weighted by Crippen LogP contribution is -2.27. The summed E-state index contributed by atoms with van der Waals surface area (Å²) < 4.78 is 16.0. The van der Waals surface area contributed by atoms with Crippen LogP contribution >= 0.6 is 23.8 Å². The molecule has 0 spiro atoms. The van der Waals surface area contributed by atoms with Gasteiger partial charge in [-0.15, -0.1) is 0 Å². The Labute approximate surface area is 151 Å². The molecule has 2 aromatic rings. The molecular weight excluding hydrogens is 348 g/mol. The first-order valence-electron chi connectivity index (χ1n) is 7.16. The van der Waals surface area contributed by atoms with E-state index in [-0.39, 0.29) is 0 Å². The van der Waals surface area contributed by atoms with E-state index in [0.29, 0.717) is 33.9 Å². The summed E-state index contributed by atoms with van der Waals surface area (Å²) in [5, 5.41) is 7.41. The summed E-state index contributed by atoms with van der Waals surface area (Å²) in [6, 6.07) is 11.1. The Morgan fingerprint density at radius 3 is 2.08 bits per heavy atom. The summed E-state index contributed by atoms with van der Waals surface area (Å²) in [6.07, 6.45) is 0. The summed E-state index contributed by atoms with van der Waals surface area (Å²) in [5.41, 5.74) is 1.81. The minimum atomic E-state index is 0.506. The molecule has 0 fully saturated rings. The van der Waals surface area contributed by atoms with Crippen LogP contribution in [-0.4, -0.2) is 26.4 Å². The average molecular weight is 367 g/mol. The van der Waals surface area contributed by atoms with Crippen molar-refractivity contribution >= 4 is 34.6 Å². The standard InChI is InChI=1S/C17H19ClN2O3S/c1-21-14-8-11(9-15(22-2)16(14)23-3)10-19-17(24)20-13-6-4-12(18)5-7-13/h4-9H,10H2,1-3H3,(H2,19,20,24). The van der Waals surface area contributed by atoms with Crippen molar-refractivity contribution in [2.75, 3.05) is 26.6 Å². The number of hydrogen-bond donors (Lipinski definition) is 2. The molecule has 0 aliphatic rings. The van der Waals surface area contributed by atoms with Crippen LogP contribution in [0.25, 0.3) is 0 Å². The first kappa shape index (κ1) is 18.2. The molecule has 0 aromatic heterocycles. The lowest BCUT2D eigenvalue weighted by molar-refractivity contribution is 0.323. The van der Waals surface area contributed by atoms with E-state index in [2.05, 4.69) is 10.6 Å². The zero-order chi connectivity index (χ0) is 17.5. The molecule has 0 saturated heterocycles. The molecule has 7 heteroatoms. The molecule has 0 aliphatic carbocycles. The second-order valence-electron chi connectivity index (χ2n) is 4.85. The van der Waals surface area contributed by atoms with E-state index in [0.717, 1.165) is 11.3 Å². The van der Waals surface area contributed by atoms with E-state index in [1.807, 2.05) is 24.3 Å². The number of halogens is 1. The highest BCUT2D eigenvalue weighted by Gasteiger charge is 2.13. The molecule has 0 saturated carbocycles. The van der Waals surface area contributed by atoms with Crippen molar-refractivity contribution in [1.29, 1.82) is 0 Å². The van der Waals surface area contributed by atoms with Crippen molar-refractivity contribution in [3.8, 4) is 17.2 Å². The fourth-order valence-corrected chi connectivity index (χ4v) is 2.44. The van der Waals surface area contributed by atoms with Gasteiger partial charge >= 0.3 is 0 Å². The van der Waals surface area contributed by atoms with Gasteiger partial charge in [0, 0.05) is 17.3 Å². The Hall–Kier alpha value is -2.18. The van der Waals surface area contributed by atoms with Crippen LogP contribution in [0.4, 0.5) is 5.69 Å². The van der Waals surface area contributed by atoms with Crippen LogP contribution in [-0.2, 0) is 6.54 Å². The van der Waals surface area contributed by atoms with E-state index < -0.39 is 0 Å². The van der Waals surface area contributed by atoms with Gasteiger partial charge in [0.2, 0.25) is 5.75 Å². The zero-order valence-corrected chi connectivity index (χ0v) is 15.3.